The van der Waals surface area contributed by atoms with Crippen LogP contribution >= 0.6 is 7.82 Å². The van der Waals surface area contributed by atoms with Crippen LogP contribution in [0.5, 0.6) is 0 Å². The van der Waals surface area contributed by atoms with E-state index in [0.717, 1.165) is 0 Å². The molecule has 0 aromatic carbocycles. The van der Waals surface area contributed by atoms with Crippen molar-refractivity contribution in [2.24, 2.45) is 0 Å². The Morgan fingerprint density at radius 1 is 0.690 bits per heavy atom. The van der Waals surface area contributed by atoms with Gasteiger partial charge in [-0.3, -0.25) is 28.0 Å². The van der Waals surface area contributed by atoms with E-state index < -0.39 is 27.6 Å². The van der Waals surface area contributed by atoms with Gasteiger partial charge in [-0.1, -0.05) is 15.5 Å². The molecule has 0 fully saturated rings. The molecule has 3 aromatic rings. The summed E-state index contributed by atoms with van der Waals surface area (Å²) in [5.41, 5.74) is 0.0594. The van der Waals surface area contributed by atoms with E-state index in [1.54, 1.807) is 0 Å². The average molecular weight is 425 g/mol. The summed E-state index contributed by atoms with van der Waals surface area (Å²) in [5.74, 6) is 0.265. The molecular weight excluding hydrogens is 413 g/mol. The minimum absolute atomic E-state index is 0.0198. The number of hydrogen-bond acceptors (Lipinski definition) is 13. The van der Waals surface area contributed by atoms with E-state index in [2.05, 4.69) is 15.5 Å². The molecule has 0 radical (unpaired) electrons. The number of phosphoric ester groups is 1. The van der Waals surface area contributed by atoms with Gasteiger partial charge in [0.15, 0.2) is 36.1 Å². The Balaban J connectivity index is 1.67. The zero-order valence-electron chi connectivity index (χ0n) is 14.5. The van der Waals surface area contributed by atoms with Crippen molar-refractivity contribution in [1.29, 1.82) is 0 Å². The summed E-state index contributed by atoms with van der Waals surface area (Å²) in [7, 11) is -4.24. The fraction of sp³-hybridized carbons (Fsp3) is 0.200. The van der Waals surface area contributed by atoms with Crippen LogP contribution in [0.15, 0.2) is 31.8 Å². The van der Waals surface area contributed by atoms with Crippen molar-refractivity contribution in [2.45, 2.75) is 19.8 Å². The predicted octanol–water partition coefficient (Wildman–Crippen LogP) is 2.15. The van der Waals surface area contributed by atoms with Gasteiger partial charge in [-0.15, -0.1) is 0 Å². The molecule has 0 aliphatic carbocycles. The quantitative estimate of drug-likeness (QED) is 0.305. The molecule has 0 aliphatic rings. The molecule has 0 unspecified atom stereocenters. The highest BCUT2D eigenvalue weighted by atomic mass is 31.2. The number of phosphoric acid groups is 1. The first-order chi connectivity index (χ1) is 14.0. The van der Waals surface area contributed by atoms with Gasteiger partial charge in [0.25, 0.3) is 0 Å². The lowest BCUT2D eigenvalue weighted by Gasteiger charge is -2.16. The molecule has 14 heteroatoms. The lowest BCUT2D eigenvalue weighted by molar-refractivity contribution is 0.0788. The topological polar surface area (TPSA) is 174 Å². The Morgan fingerprint density at radius 3 is 1.24 bits per heavy atom. The molecule has 3 aromatic heterocycles. The third-order valence-electron chi connectivity index (χ3n) is 3.19. The molecule has 0 saturated heterocycles. The van der Waals surface area contributed by atoms with Gasteiger partial charge in [-0.2, -0.15) is 0 Å². The zero-order valence-corrected chi connectivity index (χ0v) is 15.4. The van der Waals surface area contributed by atoms with Gasteiger partial charge in [0.1, 0.15) is 36.9 Å². The maximum Gasteiger partial charge on any atom is 0.476 e. The first-order valence-corrected chi connectivity index (χ1v) is 9.25. The standard InChI is InChI=1S/C15H12N3O10P/c19-4-10-1-13(26-16-10)7-23-29(22,24-8-14-2-11(5-20)17-27-14)25-9-15-3-12(6-21)18-28-15/h1-6H,7-9H2. The number of carbonyl (C=O) groups excluding carboxylic acids is 3. The van der Waals surface area contributed by atoms with Crippen LogP contribution in [-0.4, -0.2) is 34.3 Å². The van der Waals surface area contributed by atoms with E-state index in [4.69, 9.17) is 27.1 Å². The molecule has 0 spiro atoms. The van der Waals surface area contributed by atoms with Gasteiger partial charge in [0, 0.05) is 18.2 Å². The fourth-order valence-corrected chi connectivity index (χ4v) is 2.98. The number of aromatic nitrogens is 3. The van der Waals surface area contributed by atoms with Crippen LogP contribution in [-0.2, 0) is 38.0 Å². The third-order valence-corrected chi connectivity index (χ3v) is 4.52. The Hall–Kier alpha value is -3.25. The number of nitrogens with zero attached hydrogens (tertiary/aromatic N) is 3. The molecule has 0 saturated carbocycles. The Bertz CT molecular complexity index is 910. The van der Waals surface area contributed by atoms with E-state index >= 15 is 0 Å². The van der Waals surface area contributed by atoms with Gasteiger partial charge < -0.3 is 13.6 Å². The smallest absolute Gasteiger partial charge is 0.358 e. The molecule has 0 aliphatic heterocycles. The van der Waals surface area contributed by atoms with Gasteiger partial charge in [-0.25, -0.2) is 4.57 Å². The van der Waals surface area contributed by atoms with Crippen LogP contribution in [0.2, 0.25) is 0 Å². The number of aldehydes is 3. The van der Waals surface area contributed by atoms with Crippen molar-refractivity contribution in [2.75, 3.05) is 0 Å². The molecule has 3 heterocycles. The molecular formula is C15H12N3O10P. The Morgan fingerprint density at radius 2 is 1.00 bits per heavy atom. The van der Waals surface area contributed by atoms with Crippen LogP contribution in [0.4, 0.5) is 0 Å². The molecule has 0 amide bonds. The molecule has 0 bridgehead atoms. The molecule has 152 valence electrons. The first kappa shape index (κ1) is 20.5. The lowest BCUT2D eigenvalue weighted by atomic mass is 10.4. The molecule has 0 atom stereocenters. The fourth-order valence-electron chi connectivity index (χ4n) is 1.90. The first-order valence-electron chi connectivity index (χ1n) is 7.79. The zero-order chi connectivity index (χ0) is 20.7. The summed E-state index contributed by atoms with van der Waals surface area (Å²) in [6, 6.07) is 3.82. The van der Waals surface area contributed by atoms with E-state index in [1.165, 1.54) is 18.2 Å². The van der Waals surface area contributed by atoms with Crippen LogP contribution < -0.4 is 0 Å². The second kappa shape index (κ2) is 9.30. The van der Waals surface area contributed by atoms with Crippen molar-refractivity contribution in [1.82, 2.24) is 15.5 Å². The van der Waals surface area contributed by atoms with E-state index in [1.807, 2.05) is 0 Å². The SMILES string of the molecule is O=Cc1cc(COP(=O)(OCc2cc(C=O)no2)OCc2cc(C=O)no2)on1. The van der Waals surface area contributed by atoms with Gasteiger partial charge >= 0.3 is 7.82 Å². The second-order valence-electron chi connectivity index (χ2n) is 5.28. The highest BCUT2D eigenvalue weighted by molar-refractivity contribution is 7.48. The second-order valence-corrected chi connectivity index (χ2v) is 6.94. The van der Waals surface area contributed by atoms with Gasteiger partial charge in [-0.05, 0) is 0 Å². The van der Waals surface area contributed by atoms with Crippen molar-refractivity contribution >= 4 is 26.7 Å². The number of hydrogen-bond donors (Lipinski definition) is 0. The van der Waals surface area contributed by atoms with Crippen molar-refractivity contribution in [3.05, 3.63) is 52.6 Å². The maximum atomic E-state index is 12.9. The van der Waals surface area contributed by atoms with Gasteiger partial charge in [0.2, 0.25) is 0 Å². The highest BCUT2D eigenvalue weighted by Crippen LogP contribution is 2.51. The van der Waals surface area contributed by atoms with E-state index in [9.17, 15) is 18.9 Å². The summed E-state index contributed by atoms with van der Waals surface area (Å²) in [6.07, 6.45) is 1.38. The summed E-state index contributed by atoms with van der Waals surface area (Å²) in [6.45, 7) is -1.20. The van der Waals surface area contributed by atoms with Crippen molar-refractivity contribution < 1.29 is 46.1 Å². The summed E-state index contributed by atoms with van der Waals surface area (Å²) < 4.78 is 43.0. The number of rotatable bonds is 12. The highest BCUT2D eigenvalue weighted by Gasteiger charge is 2.29. The summed E-state index contributed by atoms with van der Waals surface area (Å²) in [4.78, 5) is 31.9. The largest absolute Gasteiger partial charge is 0.476 e. The van der Waals surface area contributed by atoms with Crippen molar-refractivity contribution in [3.63, 3.8) is 0 Å². The van der Waals surface area contributed by atoms with Crippen LogP contribution in [0.25, 0.3) is 0 Å². The molecule has 0 N–H and O–H groups in total. The Kier molecular flexibility index (Phi) is 6.57. The third kappa shape index (κ3) is 5.62. The van der Waals surface area contributed by atoms with Gasteiger partial charge in [0.05, 0.1) is 0 Å². The monoisotopic (exact) mass is 425 g/mol. The minimum Gasteiger partial charge on any atom is -0.358 e. The van der Waals surface area contributed by atoms with Crippen LogP contribution in [0, 0.1) is 0 Å². The molecule has 29 heavy (non-hydrogen) atoms. The lowest BCUT2D eigenvalue weighted by Crippen LogP contribution is -2.01. The number of carbonyl (C=O) groups is 3. The minimum atomic E-state index is -4.24. The van der Waals surface area contributed by atoms with Crippen LogP contribution in [0.1, 0.15) is 48.7 Å². The van der Waals surface area contributed by atoms with E-state index in [0.29, 0.717) is 18.9 Å². The van der Waals surface area contributed by atoms with Crippen LogP contribution in [0.3, 0.4) is 0 Å². The van der Waals surface area contributed by atoms with E-state index in [-0.39, 0.29) is 34.4 Å². The normalized spacial score (nSPS) is 11.4. The Labute approximate surface area is 161 Å². The molecule has 3 rings (SSSR count). The summed E-state index contributed by atoms with van der Waals surface area (Å²) >= 11 is 0. The maximum absolute atomic E-state index is 12.9. The average Bonchev–Trinajstić information content (AvgIpc) is 3.49. The molecule has 13 nitrogen and oxygen atoms in total. The predicted molar refractivity (Wildman–Crippen MR) is 87.6 cm³/mol. The summed E-state index contributed by atoms with van der Waals surface area (Å²) in [5, 5.41) is 10.3. The van der Waals surface area contributed by atoms with Crippen molar-refractivity contribution in [3.8, 4) is 0 Å².